The molecule has 0 heterocycles. The van der Waals surface area contributed by atoms with Crippen LogP contribution in [0.25, 0.3) is 0 Å². The number of benzene rings is 1. The third-order valence-corrected chi connectivity index (χ3v) is 4.47. The Bertz CT molecular complexity index is 514. The molecule has 1 atom stereocenters. The predicted molar refractivity (Wildman–Crippen MR) is 78.2 cm³/mol. The van der Waals surface area contributed by atoms with Crippen LogP contribution in [0.15, 0.2) is 18.2 Å². The van der Waals surface area contributed by atoms with Gasteiger partial charge in [-0.15, -0.1) is 0 Å². The highest BCUT2D eigenvalue weighted by molar-refractivity contribution is 6.31. The Balaban J connectivity index is 2.06. The molecule has 0 aromatic heterocycles. The third-order valence-electron chi connectivity index (χ3n) is 4.12. The molecule has 0 radical (unpaired) electrons. The lowest BCUT2D eigenvalue weighted by Gasteiger charge is -2.21. The van der Waals surface area contributed by atoms with E-state index in [2.05, 4.69) is 0 Å². The summed E-state index contributed by atoms with van der Waals surface area (Å²) in [5.74, 6) is -0.528. The largest absolute Gasteiger partial charge is 0.481 e. The van der Waals surface area contributed by atoms with E-state index in [1.807, 2.05) is 12.1 Å². The second-order valence-electron chi connectivity index (χ2n) is 5.60. The Hall–Kier alpha value is -1.35. The summed E-state index contributed by atoms with van der Waals surface area (Å²) in [4.78, 5) is 22.2. The molecule has 20 heavy (non-hydrogen) atoms. The van der Waals surface area contributed by atoms with Crippen LogP contribution in [0, 0.1) is 5.92 Å². The van der Waals surface area contributed by atoms with E-state index >= 15 is 0 Å². The average Bonchev–Trinajstić information content (AvgIpc) is 2.42. The highest BCUT2D eigenvalue weighted by Crippen LogP contribution is 2.30. The number of aliphatic carboxylic acids is 1. The molecule has 0 amide bonds. The smallest absolute Gasteiger partial charge is 0.310 e. The van der Waals surface area contributed by atoms with Crippen molar-refractivity contribution in [3.05, 3.63) is 34.3 Å². The Kier molecular flexibility index (Phi) is 4.81. The zero-order valence-electron chi connectivity index (χ0n) is 11.6. The first kappa shape index (κ1) is 15.0. The van der Waals surface area contributed by atoms with E-state index in [0.29, 0.717) is 29.6 Å². The van der Waals surface area contributed by atoms with Gasteiger partial charge in [-0.1, -0.05) is 23.7 Å². The summed E-state index contributed by atoms with van der Waals surface area (Å²) in [6, 6.07) is 5.52. The zero-order valence-corrected chi connectivity index (χ0v) is 12.3. The van der Waals surface area contributed by atoms with E-state index in [4.69, 9.17) is 16.7 Å². The number of carbonyl (C=O) groups excluding carboxylic acids is 1. The Morgan fingerprint density at radius 3 is 2.60 bits per heavy atom. The Morgan fingerprint density at radius 2 is 2.05 bits per heavy atom. The normalized spacial score (nSPS) is 18.0. The van der Waals surface area contributed by atoms with Gasteiger partial charge in [0.15, 0.2) is 0 Å². The number of halogens is 1. The molecule has 108 valence electrons. The second-order valence-corrected chi connectivity index (χ2v) is 6.00. The van der Waals surface area contributed by atoms with Crippen LogP contribution < -0.4 is 0 Å². The maximum Gasteiger partial charge on any atom is 0.310 e. The van der Waals surface area contributed by atoms with Gasteiger partial charge in [0.25, 0.3) is 0 Å². The summed E-state index contributed by atoms with van der Waals surface area (Å²) < 4.78 is 0. The van der Waals surface area contributed by atoms with Gasteiger partial charge in [-0.2, -0.15) is 0 Å². The summed E-state index contributed by atoms with van der Waals surface area (Å²) in [7, 11) is 0. The lowest BCUT2D eigenvalue weighted by Crippen LogP contribution is -2.16. The molecule has 1 aliphatic carbocycles. The monoisotopic (exact) mass is 294 g/mol. The highest BCUT2D eigenvalue weighted by Gasteiger charge is 2.20. The maximum absolute atomic E-state index is 11.2. The van der Waals surface area contributed by atoms with Crippen molar-refractivity contribution < 1.29 is 14.7 Å². The van der Waals surface area contributed by atoms with Gasteiger partial charge in [-0.3, -0.25) is 9.59 Å². The van der Waals surface area contributed by atoms with E-state index < -0.39 is 11.9 Å². The molecule has 1 aliphatic rings. The van der Waals surface area contributed by atoms with Crippen LogP contribution in [0.1, 0.15) is 49.7 Å². The molecule has 0 spiro atoms. The van der Waals surface area contributed by atoms with E-state index in [1.165, 1.54) is 0 Å². The van der Waals surface area contributed by atoms with Crippen molar-refractivity contribution >= 4 is 23.4 Å². The Labute approximate surface area is 123 Å². The average molecular weight is 295 g/mol. The summed E-state index contributed by atoms with van der Waals surface area (Å²) in [5, 5.41) is 9.64. The van der Waals surface area contributed by atoms with Gasteiger partial charge in [0.1, 0.15) is 5.78 Å². The molecule has 4 heteroatoms. The standard InChI is InChI=1S/C16H19ClO3/c1-10(16(19)20)12-4-5-13(15(17)9-12)8-11-2-6-14(18)7-3-11/h4-5,9-11H,2-3,6-8H2,1H3,(H,19,20). The van der Waals surface area contributed by atoms with E-state index in [1.54, 1.807) is 13.0 Å². The van der Waals surface area contributed by atoms with Crippen LogP contribution in [-0.2, 0) is 16.0 Å². The van der Waals surface area contributed by atoms with E-state index in [9.17, 15) is 9.59 Å². The van der Waals surface area contributed by atoms with Crippen molar-refractivity contribution in [2.45, 2.75) is 44.9 Å². The van der Waals surface area contributed by atoms with Gasteiger partial charge in [-0.05, 0) is 49.3 Å². The molecule has 1 unspecified atom stereocenters. The van der Waals surface area contributed by atoms with Gasteiger partial charge in [-0.25, -0.2) is 0 Å². The number of rotatable bonds is 4. The first-order valence-corrected chi connectivity index (χ1v) is 7.38. The minimum absolute atomic E-state index is 0.359. The van der Waals surface area contributed by atoms with Crippen molar-refractivity contribution in [3.8, 4) is 0 Å². The van der Waals surface area contributed by atoms with Crippen molar-refractivity contribution in [1.82, 2.24) is 0 Å². The quantitative estimate of drug-likeness (QED) is 0.918. The van der Waals surface area contributed by atoms with Crippen molar-refractivity contribution in [2.24, 2.45) is 5.92 Å². The second kappa shape index (κ2) is 6.40. The topological polar surface area (TPSA) is 54.4 Å². The van der Waals surface area contributed by atoms with Gasteiger partial charge < -0.3 is 5.11 Å². The molecule has 1 fully saturated rings. The molecule has 1 aromatic carbocycles. The van der Waals surface area contributed by atoms with Crippen molar-refractivity contribution in [1.29, 1.82) is 0 Å². The van der Waals surface area contributed by atoms with Crippen molar-refractivity contribution in [3.63, 3.8) is 0 Å². The Morgan fingerprint density at radius 1 is 1.40 bits per heavy atom. The molecule has 3 nitrogen and oxygen atoms in total. The number of hydrogen-bond acceptors (Lipinski definition) is 2. The minimum atomic E-state index is -0.848. The third kappa shape index (κ3) is 3.60. The number of ketones is 1. The molecule has 0 aliphatic heterocycles. The molecule has 1 saturated carbocycles. The fourth-order valence-corrected chi connectivity index (χ4v) is 2.92. The number of hydrogen-bond donors (Lipinski definition) is 1. The molecule has 1 N–H and O–H groups in total. The van der Waals surface area contributed by atoms with Crippen molar-refractivity contribution in [2.75, 3.05) is 0 Å². The number of carboxylic acids is 1. The van der Waals surface area contributed by atoms with Gasteiger partial charge in [0.05, 0.1) is 5.92 Å². The fraction of sp³-hybridized carbons (Fsp3) is 0.500. The lowest BCUT2D eigenvalue weighted by atomic mass is 9.84. The van der Waals surface area contributed by atoms with E-state index in [0.717, 1.165) is 30.4 Å². The first-order chi connectivity index (χ1) is 9.47. The van der Waals surface area contributed by atoms with Gasteiger partial charge >= 0.3 is 5.97 Å². The summed E-state index contributed by atoms with van der Waals surface area (Å²) in [6.45, 7) is 1.65. The summed E-state index contributed by atoms with van der Waals surface area (Å²) in [6.07, 6.45) is 4.09. The van der Waals surface area contributed by atoms with Gasteiger partial charge in [0.2, 0.25) is 0 Å². The zero-order chi connectivity index (χ0) is 14.7. The first-order valence-electron chi connectivity index (χ1n) is 7.00. The highest BCUT2D eigenvalue weighted by atomic mass is 35.5. The summed E-state index contributed by atoms with van der Waals surface area (Å²) in [5.41, 5.74) is 1.78. The lowest BCUT2D eigenvalue weighted by molar-refractivity contribution is -0.138. The van der Waals surface area contributed by atoms with E-state index in [-0.39, 0.29) is 0 Å². The molecular weight excluding hydrogens is 276 g/mol. The summed E-state index contributed by atoms with van der Waals surface area (Å²) >= 11 is 6.27. The number of carboxylic acid groups (broad SMARTS) is 1. The SMILES string of the molecule is CC(C(=O)O)c1ccc(CC2CCC(=O)CC2)c(Cl)c1. The van der Waals surface area contributed by atoms with Crippen LogP contribution in [0.3, 0.4) is 0 Å². The van der Waals surface area contributed by atoms with Gasteiger partial charge in [0, 0.05) is 17.9 Å². The van der Waals surface area contributed by atoms with Crippen LogP contribution in [0.2, 0.25) is 5.02 Å². The van der Waals surface area contributed by atoms with Crippen LogP contribution in [0.5, 0.6) is 0 Å². The number of Topliss-reactive ketones (excluding diaryl/α,β-unsaturated/α-hetero) is 1. The fourth-order valence-electron chi connectivity index (χ4n) is 2.66. The molecule has 0 bridgehead atoms. The van der Waals surface area contributed by atoms with Crippen LogP contribution in [-0.4, -0.2) is 16.9 Å². The molecule has 1 aromatic rings. The number of carbonyl (C=O) groups is 2. The predicted octanol–water partition coefficient (Wildman–Crippen LogP) is 3.83. The molecule has 2 rings (SSSR count). The maximum atomic E-state index is 11.2. The van der Waals surface area contributed by atoms with Crippen LogP contribution in [0.4, 0.5) is 0 Å². The molecular formula is C16H19ClO3. The van der Waals surface area contributed by atoms with Crippen LogP contribution >= 0.6 is 11.6 Å². The molecule has 0 saturated heterocycles. The minimum Gasteiger partial charge on any atom is -0.481 e.